The first kappa shape index (κ1) is 14.1. The van der Waals surface area contributed by atoms with Crippen LogP contribution in [0, 0.1) is 11.5 Å². The predicted molar refractivity (Wildman–Crippen MR) is 74.0 cm³/mol. The van der Waals surface area contributed by atoms with Crippen LogP contribution in [0.25, 0.3) is 0 Å². The number of hydrogen-bond acceptors (Lipinski definition) is 3. The normalized spacial score (nSPS) is 25.8. The molecule has 0 atom stereocenters. The summed E-state index contributed by atoms with van der Waals surface area (Å²) in [5, 5.41) is 0. The first-order chi connectivity index (χ1) is 8.39. The molecule has 2 aliphatic rings. The van der Waals surface area contributed by atoms with Crippen LogP contribution in [0.3, 0.4) is 0 Å². The Hall–Kier alpha value is -0.343. The minimum Gasteiger partial charge on any atom is -0.366 e. The minimum absolute atomic E-state index is 0.277. The van der Waals surface area contributed by atoms with Crippen molar-refractivity contribution in [1.82, 2.24) is 0 Å². The van der Waals surface area contributed by atoms with Gasteiger partial charge in [0.15, 0.2) is 5.79 Å². The molecule has 3 nitrogen and oxygen atoms in total. The van der Waals surface area contributed by atoms with Crippen LogP contribution in [-0.2, 0) is 14.2 Å². The number of rotatable bonds is 1. The van der Waals surface area contributed by atoms with Crippen molar-refractivity contribution in [3.8, 4) is 11.5 Å². The molecule has 1 spiro atoms. The van der Waals surface area contributed by atoms with E-state index in [9.17, 15) is 0 Å². The van der Waals surface area contributed by atoms with E-state index in [1.165, 1.54) is 0 Å². The van der Waals surface area contributed by atoms with E-state index < -0.39 is 8.07 Å². The highest BCUT2D eigenvalue weighted by Crippen LogP contribution is 2.41. The zero-order valence-electron chi connectivity index (χ0n) is 12.0. The second-order valence-electron chi connectivity index (χ2n) is 6.31. The largest absolute Gasteiger partial charge is 0.366 e. The zero-order chi connectivity index (χ0) is 13.3. The Kier molecular flexibility index (Phi) is 3.89. The van der Waals surface area contributed by atoms with Gasteiger partial charge in [-0.15, -0.1) is 5.54 Å². The van der Waals surface area contributed by atoms with E-state index in [1.54, 1.807) is 7.11 Å². The fourth-order valence-electron chi connectivity index (χ4n) is 2.50. The molecule has 0 aromatic rings. The fraction of sp³-hybridized carbons (Fsp3) is 0.857. The quantitative estimate of drug-likeness (QED) is 0.540. The van der Waals surface area contributed by atoms with Crippen LogP contribution in [0.15, 0.2) is 0 Å². The lowest BCUT2D eigenvalue weighted by atomic mass is 9.81. The highest BCUT2D eigenvalue weighted by Gasteiger charge is 2.46. The molecule has 2 rings (SSSR count). The molecule has 0 aromatic carbocycles. The molecule has 0 bridgehead atoms. The predicted octanol–water partition coefficient (Wildman–Crippen LogP) is 2.57. The van der Waals surface area contributed by atoms with E-state index >= 15 is 0 Å². The molecule has 0 aromatic heterocycles. The highest BCUT2D eigenvalue weighted by molar-refractivity contribution is 6.83. The third-order valence-electron chi connectivity index (χ3n) is 3.69. The summed E-state index contributed by atoms with van der Waals surface area (Å²) in [7, 11) is 0.423. The van der Waals surface area contributed by atoms with Gasteiger partial charge in [-0.3, -0.25) is 0 Å². The molecule has 1 aliphatic heterocycles. The third kappa shape index (κ3) is 3.15. The van der Waals surface area contributed by atoms with E-state index in [4.69, 9.17) is 14.2 Å². The average molecular weight is 268 g/mol. The Balaban J connectivity index is 2.05. The first-order valence-corrected chi connectivity index (χ1v) is 10.3. The van der Waals surface area contributed by atoms with Gasteiger partial charge in [-0.2, -0.15) is 0 Å². The van der Waals surface area contributed by atoms with E-state index in [0.29, 0.717) is 0 Å². The Labute approximate surface area is 111 Å². The summed E-state index contributed by atoms with van der Waals surface area (Å²) in [5.41, 5.74) is 3.17. The third-order valence-corrected chi connectivity index (χ3v) is 4.56. The van der Waals surface area contributed by atoms with Crippen molar-refractivity contribution in [2.45, 2.75) is 56.7 Å². The standard InChI is InChI=1S/C14H24O3Si/c1-15-13(9-12-18(2,3)4)5-7-14(8-6-13)16-10-11-17-14/h5-8,10-11H2,1-4H3. The van der Waals surface area contributed by atoms with Crippen molar-refractivity contribution in [3.63, 3.8) is 0 Å². The maximum atomic E-state index is 5.75. The Morgan fingerprint density at radius 1 is 1.00 bits per heavy atom. The van der Waals surface area contributed by atoms with Crippen molar-refractivity contribution in [2.75, 3.05) is 20.3 Å². The van der Waals surface area contributed by atoms with Gasteiger partial charge in [0.1, 0.15) is 13.7 Å². The summed E-state index contributed by atoms with van der Waals surface area (Å²) in [4.78, 5) is 0. The zero-order valence-corrected chi connectivity index (χ0v) is 13.0. The van der Waals surface area contributed by atoms with E-state index in [2.05, 4.69) is 31.1 Å². The fourth-order valence-corrected chi connectivity index (χ4v) is 3.10. The monoisotopic (exact) mass is 268 g/mol. The molecule has 18 heavy (non-hydrogen) atoms. The maximum absolute atomic E-state index is 5.75. The van der Waals surface area contributed by atoms with Gasteiger partial charge in [-0.25, -0.2) is 0 Å². The van der Waals surface area contributed by atoms with Crippen LogP contribution in [-0.4, -0.2) is 39.8 Å². The minimum atomic E-state index is -1.35. The van der Waals surface area contributed by atoms with Crippen molar-refractivity contribution >= 4 is 8.07 Å². The smallest absolute Gasteiger partial charge is 0.168 e. The van der Waals surface area contributed by atoms with Gasteiger partial charge < -0.3 is 14.2 Å². The average Bonchev–Trinajstić information content (AvgIpc) is 2.77. The summed E-state index contributed by atoms with van der Waals surface area (Å²) in [6.07, 6.45) is 3.59. The number of methoxy groups -OCH3 is 1. The van der Waals surface area contributed by atoms with Gasteiger partial charge in [0.2, 0.25) is 0 Å². The van der Waals surface area contributed by atoms with E-state index in [-0.39, 0.29) is 11.4 Å². The number of hydrogen-bond donors (Lipinski definition) is 0. The van der Waals surface area contributed by atoms with Gasteiger partial charge in [-0.1, -0.05) is 25.6 Å². The molecule has 1 heterocycles. The van der Waals surface area contributed by atoms with Crippen LogP contribution in [0.2, 0.25) is 19.6 Å². The SMILES string of the molecule is COC1(C#C[Si](C)(C)C)CCC2(CC1)OCCO2. The van der Waals surface area contributed by atoms with Gasteiger partial charge >= 0.3 is 0 Å². The first-order valence-electron chi connectivity index (χ1n) is 6.76. The van der Waals surface area contributed by atoms with Crippen molar-refractivity contribution in [2.24, 2.45) is 0 Å². The molecular formula is C14H24O3Si. The molecule has 4 heteroatoms. The van der Waals surface area contributed by atoms with Crippen LogP contribution in [0.1, 0.15) is 25.7 Å². The molecular weight excluding hydrogens is 244 g/mol. The highest BCUT2D eigenvalue weighted by atomic mass is 28.3. The van der Waals surface area contributed by atoms with Crippen molar-refractivity contribution < 1.29 is 14.2 Å². The van der Waals surface area contributed by atoms with E-state index in [0.717, 1.165) is 38.9 Å². The summed E-state index contributed by atoms with van der Waals surface area (Å²) in [6, 6.07) is 0. The lowest BCUT2D eigenvalue weighted by Crippen LogP contribution is -2.44. The Morgan fingerprint density at radius 2 is 1.56 bits per heavy atom. The molecule has 1 aliphatic carbocycles. The van der Waals surface area contributed by atoms with Gasteiger partial charge in [0, 0.05) is 20.0 Å². The van der Waals surface area contributed by atoms with Crippen LogP contribution in [0.4, 0.5) is 0 Å². The molecule has 0 amide bonds. The van der Waals surface area contributed by atoms with Crippen molar-refractivity contribution in [1.29, 1.82) is 0 Å². The molecule has 102 valence electrons. The maximum Gasteiger partial charge on any atom is 0.168 e. The van der Waals surface area contributed by atoms with Crippen LogP contribution >= 0.6 is 0 Å². The summed E-state index contributed by atoms with van der Waals surface area (Å²) >= 11 is 0. The van der Waals surface area contributed by atoms with Crippen LogP contribution < -0.4 is 0 Å². The van der Waals surface area contributed by atoms with Crippen LogP contribution in [0.5, 0.6) is 0 Å². The molecule has 1 saturated heterocycles. The molecule has 0 N–H and O–H groups in total. The Morgan fingerprint density at radius 3 is 2.00 bits per heavy atom. The second kappa shape index (κ2) is 4.97. The Bertz CT molecular complexity index is 345. The number of ether oxygens (including phenoxy) is 3. The molecule has 0 radical (unpaired) electrons. The summed E-state index contributed by atoms with van der Waals surface area (Å²) in [6.45, 7) is 8.23. The lowest BCUT2D eigenvalue weighted by Gasteiger charge is -2.40. The molecule has 2 fully saturated rings. The lowest BCUT2D eigenvalue weighted by molar-refractivity contribution is -0.198. The van der Waals surface area contributed by atoms with Gasteiger partial charge in [0.05, 0.1) is 13.2 Å². The van der Waals surface area contributed by atoms with E-state index in [1.807, 2.05) is 0 Å². The second-order valence-corrected chi connectivity index (χ2v) is 11.1. The van der Waals surface area contributed by atoms with Gasteiger partial charge in [-0.05, 0) is 12.8 Å². The summed E-state index contributed by atoms with van der Waals surface area (Å²) < 4.78 is 17.2. The molecule has 0 unspecified atom stereocenters. The molecule has 1 saturated carbocycles. The van der Waals surface area contributed by atoms with Crippen molar-refractivity contribution in [3.05, 3.63) is 0 Å². The summed E-state index contributed by atoms with van der Waals surface area (Å²) in [5.74, 6) is 3.08. The topological polar surface area (TPSA) is 27.7 Å². The van der Waals surface area contributed by atoms with Gasteiger partial charge in [0.25, 0.3) is 0 Å².